The molecule has 2 N–H and O–H groups in total. The van der Waals surface area contributed by atoms with Gasteiger partial charge in [0.15, 0.2) is 0 Å². The molecule has 58 valence electrons. The van der Waals surface area contributed by atoms with Crippen molar-refractivity contribution in [3.63, 3.8) is 0 Å². The van der Waals surface area contributed by atoms with Crippen molar-refractivity contribution in [1.29, 1.82) is 0 Å². The van der Waals surface area contributed by atoms with Crippen LogP contribution in [0.2, 0.25) is 0 Å². The predicted octanol–water partition coefficient (Wildman–Crippen LogP) is -0.411. The van der Waals surface area contributed by atoms with Crippen molar-refractivity contribution in [3.05, 3.63) is 0 Å². The summed E-state index contributed by atoms with van der Waals surface area (Å²) in [4.78, 5) is 18.1. The number of carbonyl (C=O) groups is 1. The molecule has 0 aromatic heterocycles. The molecule has 0 rings (SSSR count). The van der Waals surface area contributed by atoms with E-state index in [0.717, 1.165) is 0 Å². The Hall–Kier alpha value is 1.62. The Morgan fingerprint density at radius 2 is 1.91 bits per heavy atom. The Balaban J connectivity index is -0.000000320. The van der Waals surface area contributed by atoms with Crippen molar-refractivity contribution < 1.29 is 23.9 Å². The van der Waals surface area contributed by atoms with Crippen molar-refractivity contribution >= 4 is 72.4 Å². The van der Waals surface area contributed by atoms with E-state index < -0.39 is 13.3 Å². The second-order valence-electron chi connectivity index (χ2n) is 1.22. The Morgan fingerprint density at radius 3 is 2.00 bits per heavy atom. The molecular weight excluding hydrogens is 193 g/mol. The van der Waals surface area contributed by atoms with E-state index in [1.165, 1.54) is 6.92 Å². The van der Waals surface area contributed by atoms with Crippen LogP contribution in [-0.4, -0.2) is 81.4 Å². The molecule has 5 nitrogen and oxygen atoms in total. The molecule has 0 saturated heterocycles. The minimum absolute atomic E-state index is 0. The summed E-state index contributed by atoms with van der Waals surface area (Å²) >= 11 is 0. The van der Waals surface area contributed by atoms with Crippen LogP contribution in [0.3, 0.4) is 0 Å². The number of hydrogen-bond acceptors (Lipinski definition) is 3. The summed E-state index contributed by atoms with van der Waals surface area (Å²) in [5.74, 6) is 0. The van der Waals surface area contributed by atoms with Gasteiger partial charge in [0, 0.05) is 0 Å². The summed E-state index contributed by atoms with van der Waals surface area (Å²) in [5, 5.41) is 7.93. The molecule has 0 radical (unpaired) electrons. The molecule has 0 saturated carbocycles. The zero-order valence-electron chi connectivity index (χ0n) is 4.77. The molecule has 0 aliphatic carbocycles. The zero-order valence-corrected chi connectivity index (χ0v) is 5.67. The van der Waals surface area contributed by atoms with Crippen LogP contribution in [0.1, 0.15) is 6.92 Å². The maximum atomic E-state index is 10.2. The van der Waals surface area contributed by atoms with Crippen LogP contribution in [-0.2, 0) is 9.09 Å². The Morgan fingerprint density at radius 1 is 1.55 bits per heavy atom. The standard InChI is InChI=1S/C3H7O5P.2Na.2H/c1-2-8-9(6,7)3(4)5;;;;/h2H2,1H3,(H,4,5)(H,6,7);;;;. The summed E-state index contributed by atoms with van der Waals surface area (Å²) in [7, 11) is -4.35. The molecule has 0 heterocycles. The van der Waals surface area contributed by atoms with E-state index >= 15 is 0 Å². The van der Waals surface area contributed by atoms with Crippen LogP contribution < -0.4 is 0 Å². The first-order valence-electron chi connectivity index (χ1n) is 2.21. The molecule has 0 aliphatic rings. The van der Waals surface area contributed by atoms with Gasteiger partial charge in [0.2, 0.25) is 0 Å². The van der Waals surface area contributed by atoms with Crippen LogP contribution in [0.15, 0.2) is 0 Å². The second-order valence-corrected chi connectivity index (χ2v) is 2.90. The molecule has 0 fully saturated rings. The van der Waals surface area contributed by atoms with Crippen molar-refractivity contribution in [3.8, 4) is 0 Å². The molecule has 0 spiro atoms. The van der Waals surface area contributed by atoms with Crippen LogP contribution >= 0.6 is 7.60 Å². The van der Waals surface area contributed by atoms with E-state index in [1.54, 1.807) is 0 Å². The van der Waals surface area contributed by atoms with Gasteiger partial charge in [0.25, 0.3) is 0 Å². The summed E-state index contributed by atoms with van der Waals surface area (Å²) in [5.41, 5.74) is -1.82. The first-order valence-corrected chi connectivity index (χ1v) is 3.79. The summed E-state index contributed by atoms with van der Waals surface area (Å²) in [6.07, 6.45) is 0. The van der Waals surface area contributed by atoms with E-state index in [2.05, 4.69) is 4.52 Å². The molecular formula is C3H9Na2O5P. The molecule has 0 aromatic carbocycles. The monoisotopic (exact) mass is 202 g/mol. The molecule has 0 bridgehead atoms. The van der Waals surface area contributed by atoms with E-state index in [0.29, 0.717) is 0 Å². The van der Waals surface area contributed by atoms with Gasteiger partial charge < -0.3 is 14.5 Å². The molecule has 1 atom stereocenters. The molecule has 0 aliphatic heterocycles. The third kappa shape index (κ3) is 7.96. The number of carboxylic acid groups (broad SMARTS) is 1. The van der Waals surface area contributed by atoms with Gasteiger partial charge in [-0.2, -0.15) is 0 Å². The fourth-order valence-corrected chi connectivity index (χ4v) is 0.691. The van der Waals surface area contributed by atoms with Crippen molar-refractivity contribution in [2.75, 3.05) is 6.61 Å². The fourth-order valence-electron chi connectivity index (χ4n) is 0.230. The maximum absolute atomic E-state index is 10.2. The molecule has 0 aromatic rings. The topological polar surface area (TPSA) is 83.8 Å². The SMILES string of the molecule is CCOP(=O)(O)C(=O)O.[NaH].[NaH]. The van der Waals surface area contributed by atoms with Crippen molar-refractivity contribution in [1.82, 2.24) is 0 Å². The van der Waals surface area contributed by atoms with Gasteiger partial charge in [0.05, 0.1) is 6.61 Å². The Bertz CT molecular complexity index is 160. The predicted molar refractivity (Wildman–Crippen MR) is 43.8 cm³/mol. The van der Waals surface area contributed by atoms with Gasteiger partial charge in [-0.05, 0) is 6.92 Å². The number of rotatable bonds is 3. The average molecular weight is 202 g/mol. The van der Waals surface area contributed by atoms with Crippen molar-refractivity contribution in [2.45, 2.75) is 6.92 Å². The molecule has 1 unspecified atom stereocenters. The average Bonchev–Trinajstić information content (AvgIpc) is 1.65. The third-order valence-corrected chi connectivity index (χ3v) is 1.64. The van der Waals surface area contributed by atoms with Crippen molar-refractivity contribution in [2.24, 2.45) is 0 Å². The quantitative estimate of drug-likeness (QED) is 0.480. The zero-order chi connectivity index (χ0) is 7.49. The number of hydrogen-bond donors (Lipinski definition) is 2. The molecule has 0 amide bonds. The first-order chi connectivity index (χ1) is 4.00. The van der Waals surface area contributed by atoms with Gasteiger partial charge in [-0.3, -0.25) is 0 Å². The van der Waals surface area contributed by atoms with Crippen LogP contribution in [0.5, 0.6) is 0 Å². The Kier molecular flexibility index (Phi) is 13.8. The first kappa shape index (κ1) is 18.4. The van der Waals surface area contributed by atoms with E-state index in [9.17, 15) is 9.36 Å². The normalized spacial score (nSPS) is 13.6. The van der Waals surface area contributed by atoms with E-state index in [4.69, 9.17) is 10.00 Å². The van der Waals surface area contributed by atoms with Gasteiger partial charge in [-0.1, -0.05) is 0 Å². The molecule has 11 heavy (non-hydrogen) atoms. The summed E-state index contributed by atoms with van der Waals surface area (Å²) in [6, 6.07) is 0. The van der Waals surface area contributed by atoms with Gasteiger partial charge in [-0.15, -0.1) is 0 Å². The second kappa shape index (κ2) is 8.23. The van der Waals surface area contributed by atoms with Gasteiger partial charge in [0.1, 0.15) is 0 Å². The van der Waals surface area contributed by atoms with Gasteiger partial charge in [-0.25, -0.2) is 9.36 Å². The third-order valence-electron chi connectivity index (χ3n) is 0.546. The van der Waals surface area contributed by atoms with Crippen LogP contribution in [0.4, 0.5) is 4.79 Å². The van der Waals surface area contributed by atoms with E-state index in [-0.39, 0.29) is 65.7 Å². The van der Waals surface area contributed by atoms with Gasteiger partial charge >= 0.3 is 72.4 Å². The Labute approximate surface area is 109 Å². The van der Waals surface area contributed by atoms with Crippen LogP contribution in [0, 0.1) is 0 Å². The fraction of sp³-hybridized carbons (Fsp3) is 0.667. The molecule has 8 heteroatoms. The minimum atomic E-state index is -4.35. The van der Waals surface area contributed by atoms with E-state index in [1.807, 2.05) is 0 Å². The van der Waals surface area contributed by atoms with Crippen LogP contribution in [0.25, 0.3) is 0 Å². The summed E-state index contributed by atoms with van der Waals surface area (Å²) in [6.45, 7) is 1.35. The summed E-state index contributed by atoms with van der Waals surface area (Å²) < 4.78 is 14.2.